The Morgan fingerprint density at radius 1 is 1.20 bits per heavy atom. The number of benzene rings is 1. The molecule has 0 bridgehead atoms. The maximum absolute atomic E-state index is 13.1. The van der Waals surface area contributed by atoms with Crippen molar-refractivity contribution in [3.8, 4) is 0 Å². The Morgan fingerprint density at radius 3 is 2.77 bits per heavy atom. The molecule has 3 aliphatic heterocycles. The third-order valence-electron chi connectivity index (χ3n) is 6.81. The van der Waals surface area contributed by atoms with E-state index in [-0.39, 0.29) is 17.7 Å². The lowest BCUT2D eigenvalue weighted by atomic mass is 9.94. The highest BCUT2D eigenvalue weighted by atomic mass is 16.2. The molecule has 7 heteroatoms. The second-order valence-corrected chi connectivity index (χ2v) is 9.26. The van der Waals surface area contributed by atoms with Gasteiger partial charge in [0.15, 0.2) is 0 Å². The number of fused-ring (bicyclic) bond motifs is 1. The molecule has 2 saturated heterocycles. The fraction of sp³-hybridized carbons (Fsp3) is 0.609. The molecule has 30 heavy (non-hydrogen) atoms. The zero-order valence-electron chi connectivity index (χ0n) is 18.2. The van der Waals surface area contributed by atoms with Gasteiger partial charge in [-0.2, -0.15) is 0 Å². The zero-order valence-corrected chi connectivity index (χ0v) is 18.2. The van der Waals surface area contributed by atoms with Gasteiger partial charge in [0.1, 0.15) is 11.7 Å². The van der Waals surface area contributed by atoms with Gasteiger partial charge in [0.05, 0.1) is 5.56 Å². The SMILES string of the molecule is Cc1ccc2c(c1)N[C@]1(CCC(=O)N([C@H](C)C(=O)N3CCC[C@H](C)C3)CC1)NC2=O. The zero-order chi connectivity index (χ0) is 21.5. The number of aryl methyl sites for hydroxylation is 1. The summed E-state index contributed by atoms with van der Waals surface area (Å²) >= 11 is 0. The molecule has 1 aromatic carbocycles. The second-order valence-electron chi connectivity index (χ2n) is 9.26. The highest BCUT2D eigenvalue weighted by Crippen LogP contribution is 2.33. The maximum Gasteiger partial charge on any atom is 0.255 e. The quantitative estimate of drug-likeness (QED) is 0.782. The lowest BCUT2D eigenvalue weighted by molar-refractivity contribution is -0.145. The molecule has 3 aliphatic rings. The number of carbonyl (C=O) groups excluding carboxylic acids is 3. The van der Waals surface area contributed by atoms with Crippen LogP contribution in [0.3, 0.4) is 0 Å². The topological polar surface area (TPSA) is 81.8 Å². The van der Waals surface area contributed by atoms with E-state index in [0.717, 1.165) is 37.2 Å². The number of likely N-dealkylation sites (tertiary alicyclic amines) is 2. The van der Waals surface area contributed by atoms with Crippen LogP contribution in [0.4, 0.5) is 5.69 Å². The molecule has 1 spiro atoms. The van der Waals surface area contributed by atoms with Crippen molar-refractivity contribution in [3.63, 3.8) is 0 Å². The van der Waals surface area contributed by atoms with Crippen LogP contribution in [-0.2, 0) is 9.59 Å². The Kier molecular flexibility index (Phi) is 5.47. The molecule has 0 unspecified atom stereocenters. The molecule has 0 aliphatic carbocycles. The summed E-state index contributed by atoms with van der Waals surface area (Å²) in [5.41, 5.74) is 1.85. The molecule has 0 saturated carbocycles. The summed E-state index contributed by atoms with van der Waals surface area (Å²) in [6.45, 7) is 7.97. The van der Waals surface area contributed by atoms with E-state index < -0.39 is 11.7 Å². The maximum atomic E-state index is 13.1. The number of amides is 3. The van der Waals surface area contributed by atoms with Gasteiger partial charge in [-0.25, -0.2) is 0 Å². The van der Waals surface area contributed by atoms with Gasteiger partial charge in [-0.1, -0.05) is 13.0 Å². The standard InChI is InChI=1S/C23H32N4O3/c1-15-6-7-18-19(13-15)24-23(25-21(18)29)9-8-20(28)27(12-10-23)17(3)22(30)26-11-4-5-16(2)14-26/h6-7,13,16-17,24H,4-5,8-12,14H2,1-3H3,(H,25,29)/t16-,17+,23+/m0/s1. The van der Waals surface area contributed by atoms with Crippen molar-refractivity contribution in [2.45, 2.75) is 64.6 Å². The molecule has 3 atom stereocenters. The number of hydrogen-bond acceptors (Lipinski definition) is 4. The predicted molar refractivity (Wildman–Crippen MR) is 115 cm³/mol. The van der Waals surface area contributed by atoms with Gasteiger partial charge in [0.2, 0.25) is 11.8 Å². The van der Waals surface area contributed by atoms with E-state index in [0.29, 0.717) is 37.3 Å². The van der Waals surface area contributed by atoms with E-state index in [4.69, 9.17) is 0 Å². The number of anilines is 1. The van der Waals surface area contributed by atoms with E-state index in [1.54, 1.807) is 4.90 Å². The van der Waals surface area contributed by atoms with Gasteiger partial charge in [0.25, 0.3) is 5.91 Å². The Morgan fingerprint density at radius 2 is 2.00 bits per heavy atom. The van der Waals surface area contributed by atoms with E-state index in [9.17, 15) is 14.4 Å². The van der Waals surface area contributed by atoms with Crippen LogP contribution in [0.1, 0.15) is 61.9 Å². The molecule has 4 rings (SSSR count). The number of nitrogens with one attached hydrogen (secondary N) is 2. The highest BCUT2D eigenvalue weighted by Gasteiger charge is 2.42. The molecular formula is C23H32N4O3. The molecule has 2 N–H and O–H groups in total. The van der Waals surface area contributed by atoms with E-state index in [1.165, 1.54) is 0 Å². The Hall–Kier alpha value is -2.57. The fourth-order valence-electron chi connectivity index (χ4n) is 5.00. The molecule has 7 nitrogen and oxygen atoms in total. The first-order valence-electron chi connectivity index (χ1n) is 11.1. The average molecular weight is 413 g/mol. The summed E-state index contributed by atoms with van der Waals surface area (Å²) in [5, 5.41) is 6.60. The fourth-order valence-corrected chi connectivity index (χ4v) is 5.00. The number of hydrogen-bond donors (Lipinski definition) is 2. The summed E-state index contributed by atoms with van der Waals surface area (Å²) in [6, 6.07) is 5.25. The third-order valence-corrected chi connectivity index (χ3v) is 6.81. The number of nitrogens with zero attached hydrogens (tertiary/aromatic N) is 2. The summed E-state index contributed by atoms with van der Waals surface area (Å²) in [5.74, 6) is 0.399. The van der Waals surface area contributed by atoms with Gasteiger partial charge in [-0.15, -0.1) is 0 Å². The summed E-state index contributed by atoms with van der Waals surface area (Å²) in [7, 11) is 0. The predicted octanol–water partition coefficient (Wildman–Crippen LogP) is 2.51. The van der Waals surface area contributed by atoms with Crippen LogP contribution < -0.4 is 10.6 Å². The lowest BCUT2D eigenvalue weighted by Crippen LogP contribution is -2.58. The number of piperidine rings is 1. The minimum absolute atomic E-state index is 0.0242. The van der Waals surface area contributed by atoms with Crippen molar-refractivity contribution in [2.75, 3.05) is 25.0 Å². The van der Waals surface area contributed by atoms with Crippen molar-refractivity contribution in [1.29, 1.82) is 0 Å². The largest absolute Gasteiger partial charge is 0.362 e. The Balaban J connectivity index is 1.49. The van der Waals surface area contributed by atoms with Crippen LogP contribution in [0.5, 0.6) is 0 Å². The highest BCUT2D eigenvalue weighted by molar-refractivity contribution is 6.02. The monoisotopic (exact) mass is 412 g/mol. The minimum atomic E-state index is -0.662. The molecule has 3 amide bonds. The van der Waals surface area contributed by atoms with Crippen molar-refractivity contribution < 1.29 is 14.4 Å². The van der Waals surface area contributed by atoms with Crippen LogP contribution in [0.15, 0.2) is 18.2 Å². The van der Waals surface area contributed by atoms with E-state index in [1.807, 2.05) is 36.9 Å². The second kappa shape index (κ2) is 7.93. The normalized spacial score (nSPS) is 27.8. The van der Waals surface area contributed by atoms with Crippen molar-refractivity contribution in [2.24, 2.45) is 5.92 Å². The average Bonchev–Trinajstić information content (AvgIpc) is 2.86. The summed E-state index contributed by atoms with van der Waals surface area (Å²) in [6.07, 6.45) is 3.53. The number of carbonyl (C=O) groups is 3. The molecule has 1 aromatic rings. The Bertz CT molecular complexity index is 870. The van der Waals surface area contributed by atoms with E-state index >= 15 is 0 Å². The van der Waals surface area contributed by atoms with Crippen molar-refractivity contribution >= 4 is 23.4 Å². The van der Waals surface area contributed by atoms with Crippen LogP contribution in [-0.4, -0.2) is 58.9 Å². The molecule has 0 radical (unpaired) electrons. The van der Waals surface area contributed by atoms with Crippen LogP contribution in [0, 0.1) is 12.8 Å². The smallest absolute Gasteiger partial charge is 0.255 e. The third kappa shape index (κ3) is 3.89. The molecular weight excluding hydrogens is 380 g/mol. The van der Waals surface area contributed by atoms with Gasteiger partial charge >= 0.3 is 0 Å². The number of rotatable bonds is 2. The molecule has 3 heterocycles. The van der Waals surface area contributed by atoms with Crippen molar-refractivity contribution in [1.82, 2.24) is 15.1 Å². The van der Waals surface area contributed by atoms with Crippen LogP contribution in [0.2, 0.25) is 0 Å². The summed E-state index contributed by atoms with van der Waals surface area (Å²) in [4.78, 5) is 42.3. The van der Waals surface area contributed by atoms with Crippen LogP contribution in [0.25, 0.3) is 0 Å². The molecule has 162 valence electrons. The first-order chi connectivity index (χ1) is 14.3. The molecule has 0 aromatic heterocycles. The first kappa shape index (κ1) is 20.7. The lowest BCUT2D eigenvalue weighted by Gasteiger charge is -2.40. The van der Waals surface area contributed by atoms with Gasteiger partial charge < -0.3 is 20.4 Å². The first-order valence-corrected chi connectivity index (χ1v) is 11.1. The van der Waals surface area contributed by atoms with E-state index in [2.05, 4.69) is 17.6 Å². The van der Waals surface area contributed by atoms with Gasteiger partial charge in [-0.05, 0) is 56.7 Å². The Labute approximate surface area is 178 Å². The van der Waals surface area contributed by atoms with Crippen molar-refractivity contribution in [3.05, 3.63) is 29.3 Å². The summed E-state index contributed by atoms with van der Waals surface area (Å²) < 4.78 is 0. The minimum Gasteiger partial charge on any atom is -0.362 e. The van der Waals surface area contributed by atoms with Crippen LogP contribution >= 0.6 is 0 Å². The van der Waals surface area contributed by atoms with Gasteiger partial charge in [-0.3, -0.25) is 14.4 Å². The van der Waals surface area contributed by atoms with Gasteiger partial charge in [0, 0.05) is 38.2 Å². The molecule has 2 fully saturated rings.